The second-order valence-electron chi connectivity index (χ2n) is 5.38. The summed E-state index contributed by atoms with van der Waals surface area (Å²) in [7, 11) is -0.725. The molecule has 0 spiro atoms. The van der Waals surface area contributed by atoms with Gasteiger partial charge in [-0.1, -0.05) is 0 Å². The first-order chi connectivity index (χ1) is 10.8. The lowest BCUT2D eigenvalue weighted by Gasteiger charge is -2.33. The monoisotopic (exact) mass is 342 g/mol. The lowest BCUT2D eigenvalue weighted by atomic mass is 10.1. The van der Waals surface area contributed by atoms with Gasteiger partial charge in [0.25, 0.3) is 0 Å². The van der Waals surface area contributed by atoms with Crippen molar-refractivity contribution in [2.24, 2.45) is 0 Å². The summed E-state index contributed by atoms with van der Waals surface area (Å²) in [5, 5.41) is 0. The highest BCUT2D eigenvalue weighted by molar-refractivity contribution is 7.89. The topological polar surface area (TPSA) is 76.2 Å². The Morgan fingerprint density at radius 2 is 1.65 bits per heavy atom. The lowest BCUT2D eigenvalue weighted by molar-refractivity contribution is 0.108. The molecule has 0 bridgehead atoms. The molecule has 1 saturated heterocycles. The van der Waals surface area contributed by atoms with E-state index in [0.717, 1.165) is 5.56 Å². The number of carbonyl (C=O) groups excluding carboxylic acids is 1. The minimum atomic E-state index is -3.60. The molecule has 2 rings (SSSR count). The molecule has 0 unspecified atom stereocenters. The smallest absolute Gasteiger partial charge is 0.409 e. The first-order valence-electron chi connectivity index (χ1n) is 7.30. The Labute approximate surface area is 136 Å². The van der Waals surface area contributed by atoms with E-state index in [9.17, 15) is 13.2 Å². The van der Waals surface area contributed by atoms with Gasteiger partial charge in [0.05, 0.1) is 19.1 Å². The second kappa shape index (κ2) is 6.76. The Kier molecular flexibility index (Phi) is 5.16. The third-order valence-electron chi connectivity index (χ3n) is 4.20. The van der Waals surface area contributed by atoms with Crippen LogP contribution >= 0.6 is 0 Å². The highest BCUT2D eigenvalue weighted by atomic mass is 32.2. The van der Waals surface area contributed by atoms with Crippen molar-refractivity contribution in [3.63, 3.8) is 0 Å². The number of nitrogens with zero attached hydrogens (tertiary/aromatic N) is 2. The van der Waals surface area contributed by atoms with Crippen LogP contribution in [0.2, 0.25) is 0 Å². The number of rotatable bonds is 3. The zero-order valence-electron chi connectivity index (χ0n) is 13.8. The van der Waals surface area contributed by atoms with Crippen molar-refractivity contribution in [2.45, 2.75) is 18.7 Å². The Morgan fingerprint density at radius 3 is 2.17 bits per heavy atom. The molecule has 23 heavy (non-hydrogen) atoms. The predicted molar refractivity (Wildman–Crippen MR) is 85.2 cm³/mol. The third-order valence-corrected chi connectivity index (χ3v) is 6.24. The molecular formula is C15H22N2O5S. The molecule has 7 nitrogen and oxygen atoms in total. The molecule has 1 aliphatic heterocycles. The van der Waals surface area contributed by atoms with Gasteiger partial charge >= 0.3 is 6.09 Å². The number of piperazine rings is 1. The van der Waals surface area contributed by atoms with E-state index < -0.39 is 16.1 Å². The zero-order valence-corrected chi connectivity index (χ0v) is 14.6. The van der Waals surface area contributed by atoms with Crippen LogP contribution in [-0.2, 0) is 14.8 Å². The average molecular weight is 342 g/mol. The van der Waals surface area contributed by atoms with Gasteiger partial charge in [0, 0.05) is 26.2 Å². The highest BCUT2D eigenvalue weighted by Gasteiger charge is 2.31. The SMILES string of the molecule is COC(=O)N1CCN(S(=O)(=O)c2ccc(OC)c(C)c2C)CC1. The second-order valence-corrected chi connectivity index (χ2v) is 7.28. The fourth-order valence-corrected chi connectivity index (χ4v) is 4.35. The molecule has 0 atom stereocenters. The summed E-state index contributed by atoms with van der Waals surface area (Å²) in [5.74, 6) is 0.664. The van der Waals surface area contributed by atoms with Gasteiger partial charge in [0.15, 0.2) is 0 Å². The van der Waals surface area contributed by atoms with Gasteiger partial charge in [-0.15, -0.1) is 0 Å². The van der Waals surface area contributed by atoms with Crippen LogP contribution in [0.3, 0.4) is 0 Å². The van der Waals surface area contributed by atoms with Crippen molar-refractivity contribution >= 4 is 16.1 Å². The van der Waals surface area contributed by atoms with Gasteiger partial charge < -0.3 is 14.4 Å². The number of carbonyl (C=O) groups is 1. The van der Waals surface area contributed by atoms with E-state index in [1.54, 1.807) is 26.2 Å². The Balaban J connectivity index is 2.24. The van der Waals surface area contributed by atoms with Gasteiger partial charge in [-0.2, -0.15) is 4.31 Å². The molecule has 1 aliphatic rings. The molecular weight excluding hydrogens is 320 g/mol. The highest BCUT2D eigenvalue weighted by Crippen LogP contribution is 2.29. The number of sulfonamides is 1. The molecule has 0 aliphatic carbocycles. The van der Waals surface area contributed by atoms with E-state index in [0.29, 0.717) is 24.4 Å². The number of benzene rings is 1. The standard InChI is InChI=1S/C15H22N2O5S/c1-11-12(2)14(6-5-13(11)21-3)23(19,20)17-9-7-16(8-10-17)15(18)22-4/h5-6H,7-10H2,1-4H3. The molecule has 1 aromatic rings. The van der Waals surface area contributed by atoms with Crippen LogP contribution in [0, 0.1) is 13.8 Å². The quantitative estimate of drug-likeness (QED) is 0.829. The Bertz CT molecular complexity index is 694. The first-order valence-corrected chi connectivity index (χ1v) is 8.74. The summed E-state index contributed by atoms with van der Waals surface area (Å²) in [6.45, 7) is 4.75. The molecule has 0 saturated carbocycles. The molecule has 0 aromatic heterocycles. The molecule has 0 N–H and O–H groups in total. The fraction of sp³-hybridized carbons (Fsp3) is 0.533. The van der Waals surface area contributed by atoms with Crippen LogP contribution < -0.4 is 4.74 Å². The van der Waals surface area contributed by atoms with E-state index in [-0.39, 0.29) is 18.0 Å². The Hall–Kier alpha value is -1.80. The van der Waals surface area contributed by atoms with Crippen LogP contribution in [0.4, 0.5) is 4.79 Å². The van der Waals surface area contributed by atoms with Gasteiger partial charge in [0.2, 0.25) is 10.0 Å². The normalized spacial score (nSPS) is 16.3. The molecule has 1 heterocycles. The van der Waals surface area contributed by atoms with Crippen LogP contribution in [0.1, 0.15) is 11.1 Å². The van der Waals surface area contributed by atoms with Crippen molar-refractivity contribution in [2.75, 3.05) is 40.4 Å². The molecule has 1 amide bonds. The minimum Gasteiger partial charge on any atom is -0.496 e. The van der Waals surface area contributed by atoms with E-state index in [4.69, 9.17) is 4.74 Å². The maximum Gasteiger partial charge on any atom is 0.409 e. The number of hydrogen-bond donors (Lipinski definition) is 0. The maximum absolute atomic E-state index is 12.9. The van der Waals surface area contributed by atoms with Crippen molar-refractivity contribution in [1.82, 2.24) is 9.21 Å². The van der Waals surface area contributed by atoms with Gasteiger partial charge in [-0.3, -0.25) is 0 Å². The Morgan fingerprint density at radius 1 is 1.04 bits per heavy atom. The summed E-state index contributed by atoms with van der Waals surface area (Å²) in [6, 6.07) is 3.24. The van der Waals surface area contributed by atoms with Crippen LogP contribution in [-0.4, -0.2) is 64.1 Å². The van der Waals surface area contributed by atoms with E-state index >= 15 is 0 Å². The lowest BCUT2D eigenvalue weighted by Crippen LogP contribution is -2.50. The van der Waals surface area contributed by atoms with Crippen molar-refractivity contribution < 1.29 is 22.7 Å². The largest absolute Gasteiger partial charge is 0.496 e. The van der Waals surface area contributed by atoms with E-state index in [2.05, 4.69) is 4.74 Å². The average Bonchev–Trinajstić information content (AvgIpc) is 2.56. The molecule has 1 aromatic carbocycles. The van der Waals surface area contributed by atoms with E-state index in [1.165, 1.54) is 16.3 Å². The molecule has 0 radical (unpaired) electrons. The van der Waals surface area contributed by atoms with Gasteiger partial charge in [-0.05, 0) is 37.1 Å². The zero-order chi connectivity index (χ0) is 17.2. The number of ether oxygens (including phenoxy) is 2. The number of hydrogen-bond acceptors (Lipinski definition) is 5. The fourth-order valence-electron chi connectivity index (χ4n) is 2.65. The molecule has 1 fully saturated rings. The van der Waals surface area contributed by atoms with Gasteiger partial charge in [0.1, 0.15) is 5.75 Å². The van der Waals surface area contributed by atoms with Crippen LogP contribution in [0.5, 0.6) is 5.75 Å². The summed E-state index contributed by atoms with van der Waals surface area (Å²) in [5.41, 5.74) is 1.49. The predicted octanol–water partition coefficient (Wildman–Crippen LogP) is 1.38. The molecule has 8 heteroatoms. The van der Waals surface area contributed by atoms with Crippen molar-refractivity contribution in [3.05, 3.63) is 23.3 Å². The van der Waals surface area contributed by atoms with Crippen LogP contribution in [0.15, 0.2) is 17.0 Å². The van der Waals surface area contributed by atoms with E-state index in [1.807, 2.05) is 6.92 Å². The summed E-state index contributed by atoms with van der Waals surface area (Å²) in [6.07, 6.45) is -0.432. The third kappa shape index (κ3) is 3.28. The molecule has 128 valence electrons. The maximum atomic E-state index is 12.9. The van der Waals surface area contributed by atoms with Crippen molar-refractivity contribution in [1.29, 1.82) is 0 Å². The van der Waals surface area contributed by atoms with Crippen molar-refractivity contribution in [3.8, 4) is 5.75 Å². The summed E-state index contributed by atoms with van der Waals surface area (Å²) in [4.78, 5) is 13.3. The number of amides is 1. The number of methoxy groups -OCH3 is 2. The minimum absolute atomic E-state index is 0.252. The first kappa shape index (κ1) is 17.6. The van der Waals surface area contributed by atoms with Crippen LogP contribution in [0.25, 0.3) is 0 Å². The van der Waals surface area contributed by atoms with Gasteiger partial charge in [-0.25, -0.2) is 13.2 Å². The summed E-state index contributed by atoms with van der Waals surface area (Å²) >= 11 is 0. The summed E-state index contributed by atoms with van der Waals surface area (Å²) < 4.78 is 37.0.